The molecule has 0 saturated carbocycles. The van der Waals surface area contributed by atoms with Crippen LogP contribution in [0.15, 0.2) is 12.1 Å². The summed E-state index contributed by atoms with van der Waals surface area (Å²) in [4.78, 5) is 0. The summed E-state index contributed by atoms with van der Waals surface area (Å²) in [6.45, 7) is 4.36. The van der Waals surface area contributed by atoms with Gasteiger partial charge in [0.25, 0.3) is 0 Å². The van der Waals surface area contributed by atoms with Crippen LogP contribution in [0.1, 0.15) is 32.3 Å². The molecule has 20 heavy (non-hydrogen) atoms. The van der Waals surface area contributed by atoms with E-state index in [0.29, 0.717) is 29.5 Å². The molecule has 2 N–H and O–H groups in total. The van der Waals surface area contributed by atoms with Crippen LogP contribution in [0.25, 0.3) is 0 Å². The third kappa shape index (κ3) is 4.96. The fourth-order valence-electron chi connectivity index (χ4n) is 1.81. The third-order valence-electron chi connectivity index (χ3n) is 2.96. The van der Waals surface area contributed by atoms with E-state index in [1.807, 2.05) is 12.1 Å². The molecule has 0 heterocycles. The Labute approximate surface area is 126 Å². The standard InChI is InChI=1S/C16H22ClNO2/c1-4-6-7-8-20-16-14(17)10-12(9-13(18)5-2)11-15(16)19-3/h10-11,13H,5,7-9,18H2,1-3H3. The van der Waals surface area contributed by atoms with Crippen LogP contribution in [0.4, 0.5) is 0 Å². The summed E-state index contributed by atoms with van der Waals surface area (Å²) in [7, 11) is 1.61. The van der Waals surface area contributed by atoms with Gasteiger partial charge < -0.3 is 15.2 Å². The summed E-state index contributed by atoms with van der Waals surface area (Å²) in [5, 5.41) is 0.548. The quantitative estimate of drug-likeness (QED) is 0.619. The predicted octanol–water partition coefficient (Wildman–Crippen LogP) is 3.42. The number of hydrogen-bond donors (Lipinski definition) is 1. The predicted molar refractivity (Wildman–Crippen MR) is 83.5 cm³/mol. The number of rotatable bonds is 7. The maximum atomic E-state index is 6.27. The van der Waals surface area contributed by atoms with Crippen molar-refractivity contribution >= 4 is 11.6 Å². The molecule has 3 nitrogen and oxygen atoms in total. The lowest BCUT2D eigenvalue weighted by Gasteiger charge is -2.15. The highest BCUT2D eigenvalue weighted by Gasteiger charge is 2.13. The molecule has 1 aromatic carbocycles. The van der Waals surface area contributed by atoms with Crippen LogP contribution < -0.4 is 15.2 Å². The van der Waals surface area contributed by atoms with E-state index in [0.717, 1.165) is 18.4 Å². The smallest absolute Gasteiger partial charge is 0.179 e. The van der Waals surface area contributed by atoms with Crippen molar-refractivity contribution in [1.82, 2.24) is 0 Å². The van der Waals surface area contributed by atoms with Crippen molar-refractivity contribution in [3.8, 4) is 23.3 Å². The zero-order chi connectivity index (χ0) is 15.0. The Hall–Kier alpha value is -1.37. The van der Waals surface area contributed by atoms with Gasteiger partial charge in [0.2, 0.25) is 0 Å². The zero-order valence-corrected chi connectivity index (χ0v) is 13.1. The summed E-state index contributed by atoms with van der Waals surface area (Å²) >= 11 is 6.27. The van der Waals surface area contributed by atoms with Gasteiger partial charge >= 0.3 is 0 Å². The van der Waals surface area contributed by atoms with Gasteiger partial charge in [-0.1, -0.05) is 18.5 Å². The van der Waals surface area contributed by atoms with Crippen LogP contribution in [-0.2, 0) is 6.42 Å². The SMILES string of the molecule is CC#CCCOc1c(Cl)cc(CC(N)CC)cc1OC. The second-order valence-electron chi connectivity index (χ2n) is 4.51. The van der Waals surface area contributed by atoms with Crippen LogP contribution in [0.3, 0.4) is 0 Å². The Morgan fingerprint density at radius 3 is 2.75 bits per heavy atom. The molecule has 1 aromatic rings. The molecule has 0 aromatic heterocycles. The molecule has 0 aliphatic rings. The molecular weight excluding hydrogens is 274 g/mol. The normalized spacial score (nSPS) is 11.4. The average molecular weight is 296 g/mol. The summed E-state index contributed by atoms with van der Waals surface area (Å²) in [6.07, 6.45) is 2.36. The topological polar surface area (TPSA) is 44.5 Å². The van der Waals surface area contributed by atoms with Gasteiger partial charge in [0.15, 0.2) is 11.5 Å². The maximum absolute atomic E-state index is 6.27. The Kier molecular flexibility index (Phi) is 7.28. The van der Waals surface area contributed by atoms with Crippen LogP contribution in [0, 0.1) is 11.8 Å². The average Bonchev–Trinajstić information content (AvgIpc) is 2.44. The minimum Gasteiger partial charge on any atom is -0.493 e. The largest absolute Gasteiger partial charge is 0.493 e. The van der Waals surface area contributed by atoms with Gasteiger partial charge in [-0.3, -0.25) is 0 Å². The van der Waals surface area contributed by atoms with Gasteiger partial charge in [-0.2, -0.15) is 0 Å². The minimum atomic E-state index is 0.127. The van der Waals surface area contributed by atoms with E-state index >= 15 is 0 Å². The molecule has 0 radical (unpaired) electrons. The van der Waals surface area contributed by atoms with Crippen molar-refractivity contribution in [2.24, 2.45) is 5.73 Å². The van der Waals surface area contributed by atoms with E-state index in [9.17, 15) is 0 Å². The minimum absolute atomic E-state index is 0.127. The first kappa shape index (κ1) is 16.7. The fourth-order valence-corrected chi connectivity index (χ4v) is 2.10. The van der Waals surface area contributed by atoms with E-state index in [1.165, 1.54) is 0 Å². The van der Waals surface area contributed by atoms with E-state index in [4.69, 9.17) is 26.8 Å². The van der Waals surface area contributed by atoms with Gasteiger partial charge in [0.05, 0.1) is 18.7 Å². The van der Waals surface area contributed by atoms with Crippen molar-refractivity contribution in [3.63, 3.8) is 0 Å². The first-order valence-electron chi connectivity index (χ1n) is 6.76. The molecule has 0 amide bonds. The van der Waals surface area contributed by atoms with Gasteiger partial charge in [-0.25, -0.2) is 0 Å². The third-order valence-corrected chi connectivity index (χ3v) is 3.24. The second kappa shape index (κ2) is 8.73. The molecule has 0 bridgehead atoms. The molecule has 0 saturated heterocycles. The lowest BCUT2D eigenvalue weighted by Crippen LogP contribution is -2.21. The molecule has 0 aliphatic heterocycles. The van der Waals surface area contributed by atoms with Gasteiger partial charge in [-0.15, -0.1) is 11.8 Å². The van der Waals surface area contributed by atoms with Gasteiger partial charge in [-0.05, 0) is 37.5 Å². The molecule has 110 valence electrons. The Balaban J connectivity index is 2.86. The number of methoxy groups -OCH3 is 1. The number of nitrogens with two attached hydrogens (primary N) is 1. The van der Waals surface area contributed by atoms with Crippen molar-refractivity contribution in [2.45, 2.75) is 39.2 Å². The monoisotopic (exact) mass is 295 g/mol. The molecule has 0 aliphatic carbocycles. The second-order valence-corrected chi connectivity index (χ2v) is 4.91. The molecule has 0 fully saturated rings. The molecule has 1 atom stereocenters. The molecular formula is C16H22ClNO2. The molecule has 4 heteroatoms. The summed E-state index contributed by atoms with van der Waals surface area (Å²) in [5.74, 6) is 6.98. The Morgan fingerprint density at radius 2 is 2.15 bits per heavy atom. The van der Waals surface area contributed by atoms with Crippen molar-refractivity contribution in [2.75, 3.05) is 13.7 Å². The summed E-state index contributed by atoms with van der Waals surface area (Å²) < 4.78 is 11.0. The Morgan fingerprint density at radius 1 is 1.40 bits per heavy atom. The summed E-state index contributed by atoms with van der Waals surface area (Å²) in [6, 6.07) is 3.95. The molecule has 1 rings (SSSR count). The van der Waals surface area contributed by atoms with E-state index in [1.54, 1.807) is 14.0 Å². The van der Waals surface area contributed by atoms with E-state index in [-0.39, 0.29) is 6.04 Å². The summed E-state index contributed by atoms with van der Waals surface area (Å²) in [5.41, 5.74) is 7.03. The maximum Gasteiger partial charge on any atom is 0.179 e. The van der Waals surface area contributed by atoms with Crippen LogP contribution in [0.5, 0.6) is 11.5 Å². The van der Waals surface area contributed by atoms with Crippen molar-refractivity contribution in [1.29, 1.82) is 0 Å². The lowest BCUT2D eigenvalue weighted by molar-refractivity contribution is 0.301. The van der Waals surface area contributed by atoms with Gasteiger partial charge in [0.1, 0.15) is 0 Å². The highest BCUT2D eigenvalue weighted by Crippen LogP contribution is 2.36. The van der Waals surface area contributed by atoms with Crippen LogP contribution >= 0.6 is 11.6 Å². The van der Waals surface area contributed by atoms with Crippen LogP contribution in [-0.4, -0.2) is 19.8 Å². The molecule has 1 unspecified atom stereocenters. The number of benzene rings is 1. The highest BCUT2D eigenvalue weighted by molar-refractivity contribution is 6.32. The number of hydrogen-bond acceptors (Lipinski definition) is 3. The van der Waals surface area contributed by atoms with E-state index in [2.05, 4.69) is 18.8 Å². The zero-order valence-electron chi connectivity index (χ0n) is 12.3. The lowest BCUT2D eigenvalue weighted by atomic mass is 10.0. The van der Waals surface area contributed by atoms with Gasteiger partial charge in [0, 0.05) is 12.5 Å². The number of halogens is 1. The number of ether oxygens (including phenoxy) is 2. The Bertz CT molecular complexity index is 491. The highest BCUT2D eigenvalue weighted by atomic mass is 35.5. The first-order chi connectivity index (χ1) is 9.62. The van der Waals surface area contributed by atoms with Crippen molar-refractivity contribution in [3.05, 3.63) is 22.7 Å². The van der Waals surface area contributed by atoms with Crippen LogP contribution in [0.2, 0.25) is 5.02 Å². The van der Waals surface area contributed by atoms with Crippen molar-refractivity contribution < 1.29 is 9.47 Å². The first-order valence-corrected chi connectivity index (χ1v) is 7.14. The van der Waals surface area contributed by atoms with E-state index < -0.39 is 0 Å². The fraction of sp³-hybridized carbons (Fsp3) is 0.500. The molecule has 0 spiro atoms.